The largest absolute Gasteiger partial charge is 0.497 e. The second kappa shape index (κ2) is 5.60. The van der Waals surface area contributed by atoms with Crippen LogP contribution in [0, 0.1) is 11.3 Å². The minimum absolute atomic E-state index is 0.210. The lowest BCUT2D eigenvalue weighted by molar-refractivity contribution is 0.415. The molecule has 1 aromatic rings. The second-order valence-corrected chi connectivity index (χ2v) is 5.49. The highest BCUT2D eigenvalue weighted by atomic mass is 32.2. The monoisotopic (exact) mass is 269 g/mol. The van der Waals surface area contributed by atoms with Crippen LogP contribution < -0.4 is 15.2 Å². The quantitative estimate of drug-likeness (QED) is 0.784. The van der Waals surface area contributed by atoms with Gasteiger partial charge < -0.3 is 10.5 Å². The number of hydrogen-bond acceptors (Lipinski definition) is 5. The first-order valence-electron chi connectivity index (χ1n) is 5.29. The SMILES string of the molecule is CCC(C#N)S(=O)(=O)Nc1ccc(OC)cc1N. The number of nitrogens with two attached hydrogens (primary N) is 1. The first-order chi connectivity index (χ1) is 8.44. The van der Waals surface area contributed by atoms with Crippen molar-refractivity contribution in [3.05, 3.63) is 18.2 Å². The van der Waals surface area contributed by atoms with Crippen LogP contribution in [-0.2, 0) is 10.0 Å². The fraction of sp³-hybridized carbons (Fsp3) is 0.364. The summed E-state index contributed by atoms with van der Waals surface area (Å²) in [6.45, 7) is 1.63. The van der Waals surface area contributed by atoms with Crippen molar-refractivity contribution in [2.75, 3.05) is 17.6 Å². The number of benzene rings is 1. The van der Waals surface area contributed by atoms with Gasteiger partial charge in [0.2, 0.25) is 10.0 Å². The summed E-state index contributed by atoms with van der Waals surface area (Å²) in [5.74, 6) is 0.530. The second-order valence-electron chi connectivity index (χ2n) is 3.63. The molecule has 1 unspecified atom stereocenters. The van der Waals surface area contributed by atoms with E-state index >= 15 is 0 Å². The van der Waals surface area contributed by atoms with E-state index < -0.39 is 15.3 Å². The number of hydrogen-bond donors (Lipinski definition) is 2. The van der Waals surface area contributed by atoms with Crippen molar-refractivity contribution >= 4 is 21.4 Å². The van der Waals surface area contributed by atoms with Crippen LogP contribution in [0.1, 0.15) is 13.3 Å². The Kier molecular flexibility index (Phi) is 4.39. The van der Waals surface area contributed by atoms with Crippen molar-refractivity contribution in [3.8, 4) is 11.8 Å². The van der Waals surface area contributed by atoms with Gasteiger partial charge in [0.05, 0.1) is 24.6 Å². The predicted octanol–water partition coefficient (Wildman–Crippen LogP) is 1.32. The number of nitrogens with one attached hydrogen (secondary N) is 1. The van der Waals surface area contributed by atoms with Crippen LogP contribution in [0.25, 0.3) is 0 Å². The number of methoxy groups -OCH3 is 1. The third-order valence-electron chi connectivity index (χ3n) is 2.40. The van der Waals surface area contributed by atoms with E-state index in [0.29, 0.717) is 5.75 Å². The lowest BCUT2D eigenvalue weighted by Gasteiger charge is -2.13. The zero-order valence-electron chi connectivity index (χ0n) is 10.2. The Bertz CT molecular complexity index is 563. The van der Waals surface area contributed by atoms with Crippen molar-refractivity contribution in [3.63, 3.8) is 0 Å². The number of nitrogen functional groups attached to an aromatic ring is 1. The molecule has 98 valence electrons. The molecule has 0 aliphatic rings. The maximum absolute atomic E-state index is 11.8. The molecule has 1 atom stereocenters. The molecule has 1 rings (SSSR count). The van der Waals surface area contributed by atoms with Crippen LogP contribution in [0.2, 0.25) is 0 Å². The highest BCUT2D eigenvalue weighted by molar-refractivity contribution is 7.93. The Morgan fingerprint density at radius 1 is 1.56 bits per heavy atom. The van der Waals surface area contributed by atoms with Crippen molar-refractivity contribution in [1.29, 1.82) is 5.26 Å². The van der Waals surface area contributed by atoms with Gasteiger partial charge in [-0.25, -0.2) is 8.42 Å². The van der Waals surface area contributed by atoms with E-state index in [1.165, 1.54) is 19.2 Å². The average molecular weight is 269 g/mol. The van der Waals surface area contributed by atoms with Gasteiger partial charge in [-0.1, -0.05) is 6.92 Å². The third kappa shape index (κ3) is 3.05. The van der Waals surface area contributed by atoms with Gasteiger partial charge in [-0.05, 0) is 18.6 Å². The third-order valence-corrected chi connectivity index (χ3v) is 4.09. The molecule has 1 aromatic carbocycles. The van der Waals surface area contributed by atoms with Crippen LogP contribution in [0.15, 0.2) is 18.2 Å². The Labute approximate surface area is 106 Å². The lowest BCUT2D eigenvalue weighted by atomic mass is 10.2. The van der Waals surface area contributed by atoms with Gasteiger partial charge in [0, 0.05) is 6.07 Å². The minimum atomic E-state index is -3.75. The van der Waals surface area contributed by atoms with Gasteiger partial charge in [-0.3, -0.25) is 4.72 Å². The molecule has 0 radical (unpaired) electrons. The van der Waals surface area contributed by atoms with E-state index in [2.05, 4.69) is 4.72 Å². The fourth-order valence-electron chi connectivity index (χ4n) is 1.37. The van der Waals surface area contributed by atoms with E-state index in [1.807, 2.05) is 0 Å². The number of nitriles is 1. The standard InChI is InChI=1S/C11H15N3O3S/c1-3-9(7-12)18(15,16)14-11-5-4-8(17-2)6-10(11)13/h4-6,9,14H,3,13H2,1-2H3. The van der Waals surface area contributed by atoms with Gasteiger partial charge in [-0.2, -0.15) is 5.26 Å². The van der Waals surface area contributed by atoms with Crippen LogP contribution in [0.5, 0.6) is 5.75 Å². The summed E-state index contributed by atoms with van der Waals surface area (Å²) < 4.78 is 31.0. The van der Waals surface area contributed by atoms with Gasteiger partial charge in [0.15, 0.2) is 5.25 Å². The number of ether oxygens (including phenoxy) is 1. The first kappa shape index (κ1) is 14.1. The van der Waals surface area contributed by atoms with E-state index in [0.717, 1.165) is 0 Å². The summed E-state index contributed by atoms with van der Waals surface area (Å²) in [5.41, 5.74) is 6.18. The molecule has 0 saturated carbocycles. The molecule has 0 aliphatic heterocycles. The van der Waals surface area contributed by atoms with Crippen molar-refractivity contribution < 1.29 is 13.2 Å². The molecular formula is C11H15N3O3S. The maximum Gasteiger partial charge on any atom is 0.249 e. The smallest absolute Gasteiger partial charge is 0.249 e. The summed E-state index contributed by atoms with van der Waals surface area (Å²) in [6.07, 6.45) is 0.210. The van der Waals surface area contributed by atoms with E-state index in [4.69, 9.17) is 15.7 Å². The topological polar surface area (TPSA) is 105 Å². The van der Waals surface area contributed by atoms with E-state index in [9.17, 15) is 8.42 Å². The average Bonchev–Trinajstić information content (AvgIpc) is 2.32. The predicted molar refractivity (Wildman–Crippen MR) is 69.6 cm³/mol. The molecule has 7 heteroatoms. The highest BCUT2D eigenvalue weighted by Crippen LogP contribution is 2.25. The van der Waals surface area contributed by atoms with Gasteiger partial charge in [-0.15, -0.1) is 0 Å². The summed E-state index contributed by atoms with van der Waals surface area (Å²) in [5, 5.41) is 7.67. The summed E-state index contributed by atoms with van der Waals surface area (Å²) >= 11 is 0. The van der Waals surface area contributed by atoms with Gasteiger partial charge >= 0.3 is 0 Å². The number of rotatable bonds is 5. The molecule has 0 aromatic heterocycles. The number of sulfonamides is 1. The number of anilines is 2. The molecular weight excluding hydrogens is 254 g/mol. The van der Waals surface area contributed by atoms with Crippen LogP contribution in [-0.4, -0.2) is 20.8 Å². The van der Waals surface area contributed by atoms with Crippen molar-refractivity contribution in [2.24, 2.45) is 0 Å². The van der Waals surface area contributed by atoms with Crippen molar-refractivity contribution in [1.82, 2.24) is 0 Å². The summed E-state index contributed by atoms with van der Waals surface area (Å²) in [4.78, 5) is 0. The fourth-order valence-corrected chi connectivity index (χ4v) is 2.58. The molecule has 0 spiro atoms. The molecule has 0 aliphatic carbocycles. The molecule has 3 N–H and O–H groups in total. The van der Waals surface area contributed by atoms with Crippen LogP contribution in [0.3, 0.4) is 0 Å². The minimum Gasteiger partial charge on any atom is -0.497 e. The Morgan fingerprint density at radius 2 is 2.22 bits per heavy atom. The first-order valence-corrected chi connectivity index (χ1v) is 6.84. The lowest BCUT2D eigenvalue weighted by Crippen LogP contribution is -2.26. The van der Waals surface area contributed by atoms with E-state index in [1.54, 1.807) is 19.1 Å². The molecule has 0 bridgehead atoms. The summed E-state index contributed by atoms with van der Waals surface area (Å²) in [6, 6.07) is 6.32. The maximum atomic E-state index is 11.8. The molecule has 0 fully saturated rings. The Hall–Kier alpha value is -1.94. The molecule has 0 saturated heterocycles. The van der Waals surface area contributed by atoms with Gasteiger partial charge in [0.1, 0.15) is 5.75 Å². The molecule has 6 nitrogen and oxygen atoms in total. The molecule has 18 heavy (non-hydrogen) atoms. The Morgan fingerprint density at radius 3 is 2.67 bits per heavy atom. The van der Waals surface area contributed by atoms with E-state index in [-0.39, 0.29) is 17.8 Å². The van der Waals surface area contributed by atoms with Crippen LogP contribution in [0.4, 0.5) is 11.4 Å². The zero-order chi connectivity index (χ0) is 13.8. The number of nitrogens with zero attached hydrogens (tertiary/aromatic N) is 1. The van der Waals surface area contributed by atoms with Crippen LogP contribution >= 0.6 is 0 Å². The summed E-state index contributed by atoms with van der Waals surface area (Å²) in [7, 11) is -2.26. The molecule has 0 amide bonds. The highest BCUT2D eigenvalue weighted by Gasteiger charge is 2.23. The van der Waals surface area contributed by atoms with Crippen molar-refractivity contribution in [2.45, 2.75) is 18.6 Å². The van der Waals surface area contributed by atoms with Gasteiger partial charge in [0.25, 0.3) is 0 Å². The zero-order valence-corrected chi connectivity index (χ0v) is 11.0. The molecule has 0 heterocycles. The normalized spacial score (nSPS) is 12.5. The Balaban J connectivity index is 3.02.